The Bertz CT molecular complexity index is 1540. The molecule has 1 aliphatic heterocycles. The van der Waals surface area contributed by atoms with Gasteiger partial charge >= 0.3 is 12.1 Å². The molecule has 2 N–H and O–H groups in total. The van der Waals surface area contributed by atoms with Gasteiger partial charge in [-0.3, -0.25) is 14.4 Å². The highest BCUT2D eigenvalue weighted by Crippen LogP contribution is 2.35. The molecule has 0 saturated carbocycles. The number of hydrogen-bond acceptors (Lipinski definition) is 6. The molecular weight excluding hydrogens is 551 g/mol. The molecule has 0 saturated heterocycles. The van der Waals surface area contributed by atoms with Crippen molar-refractivity contribution >= 4 is 52.4 Å². The molecule has 8 nitrogen and oxygen atoms in total. The van der Waals surface area contributed by atoms with Crippen molar-refractivity contribution in [2.45, 2.75) is 19.5 Å². The third-order valence-electron chi connectivity index (χ3n) is 5.68. The Morgan fingerprint density at radius 1 is 0.925 bits per heavy atom. The van der Waals surface area contributed by atoms with Gasteiger partial charge in [0.15, 0.2) is 0 Å². The van der Waals surface area contributed by atoms with E-state index in [1.54, 1.807) is 0 Å². The third kappa shape index (κ3) is 5.99. The summed E-state index contributed by atoms with van der Waals surface area (Å²) in [6, 6.07) is 15.8. The zero-order valence-electron chi connectivity index (χ0n) is 20.8. The minimum Gasteiger partial charge on any atom is -0.462 e. The lowest BCUT2D eigenvalue weighted by Gasteiger charge is -2.16. The Morgan fingerprint density at radius 2 is 1.62 bits per heavy atom. The van der Waals surface area contributed by atoms with Crippen molar-refractivity contribution in [3.05, 3.63) is 100 Å². The van der Waals surface area contributed by atoms with Crippen molar-refractivity contribution < 1.29 is 37.1 Å². The van der Waals surface area contributed by atoms with E-state index >= 15 is 0 Å². The van der Waals surface area contributed by atoms with E-state index in [4.69, 9.17) is 16.3 Å². The van der Waals surface area contributed by atoms with Crippen LogP contribution >= 0.6 is 11.6 Å². The van der Waals surface area contributed by atoms with E-state index in [2.05, 4.69) is 10.6 Å². The van der Waals surface area contributed by atoms with E-state index in [1.807, 2.05) is 6.92 Å². The summed E-state index contributed by atoms with van der Waals surface area (Å²) in [5, 5.41) is 4.52. The first-order valence-electron chi connectivity index (χ1n) is 11.9. The molecule has 3 aromatic rings. The summed E-state index contributed by atoms with van der Waals surface area (Å²) in [4.78, 5) is 51.8. The summed E-state index contributed by atoms with van der Waals surface area (Å²) in [6.45, 7) is 2.04. The number of carbonyl (C=O) groups is 4. The Kier molecular flexibility index (Phi) is 8.24. The lowest BCUT2D eigenvalue weighted by Crippen LogP contribution is -2.32. The fourth-order valence-corrected chi connectivity index (χ4v) is 4.02. The second-order valence-electron chi connectivity index (χ2n) is 8.52. The van der Waals surface area contributed by atoms with Crippen molar-refractivity contribution in [2.75, 3.05) is 22.1 Å². The Balaban J connectivity index is 1.53. The van der Waals surface area contributed by atoms with E-state index in [9.17, 15) is 32.3 Å². The molecular formula is C28H21ClF3N3O5. The molecule has 0 unspecified atom stereocenters. The van der Waals surface area contributed by atoms with Gasteiger partial charge in [-0.15, -0.1) is 0 Å². The quantitative estimate of drug-likeness (QED) is 0.255. The smallest absolute Gasteiger partial charge is 0.418 e. The summed E-state index contributed by atoms with van der Waals surface area (Å²) in [5.74, 6) is -3.11. The number of hydrogen-bond donors (Lipinski definition) is 2. The number of nitrogens with one attached hydrogen (secondary N) is 2. The van der Waals surface area contributed by atoms with Crippen molar-refractivity contribution in [3.8, 4) is 0 Å². The maximum Gasteiger partial charge on any atom is 0.418 e. The maximum absolute atomic E-state index is 13.3. The number of nitrogens with zero attached hydrogens (tertiary/aromatic N) is 1. The average Bonchev–Trinajstić information content (AvgIpc) is 3.14. The molecule has 0 aliphatic carbocycles. The van der Waals surface area contributed by atoms with Crippen LogP contribution in [0.5, 0.6) is 0 Å². The molecule has 1 heterocycles. The summed E-state index contributed by atoms with van der Waals surface area (Å²) < 4.78 is 45.0. The SMILES string of the molecule is CCCOC(=O)c1cccc(N2C(=O)C(Cl)=C(Nc3cccc(C(=O)Nc4ccccc4C(F)(F)F)c3)C2=O)c1. The van der Waals surface area contributed by atoms with Crippen LogP contribution in [0.1, 0.15) is 39.6 Å². The number of benzene rings is 3. The first-order valence-corrected chi connectivity index (χ1v) is 12.3. The first kappa shape index (κ1) is 28.4. The summed E-state index contributed by atoms with van der Waals surface area (Å²) in [6.07, 6.45) is -4.06. The average molecular weight is 572 g/mol. The molecule has 3 amide bonds. The van der Waals surface area contributed by atoms with Crippen LogP contribution in [-0.4, -0.2) is 30.3 Å². The van der Waals surface area contributed by atoms with Gasteiger partial charge in [-0.05, 0) is 55.0 Å². The van der Waals surface area contributed by atoms with Crippen LogP contribution in [0, 0.1) is 0 Å². The fourth-order valence-electron chi connectivity index (χ4n) is 3.81. The lowest BCUT2D eigenvalue weighted by atomic mass is 10.1. The first-order chi connectivity index (χ1) is 19.0. The number of alkyl halides is 3. The van der Waals surface area contributed by atoms with Crippen molar-refractivity contribution in [1.82, 2.24) is 0 Å². The molecule has 3 aromatic carbocycles. The van der Waals surface area contributed by atoms with Gasteiger partial charge in [-0.25, -0.2) is 9.69 Å². The van der Waals surface area contributed by atoms with E-state index < -0.39 is 46.2 Å². The van der Waals surface area contributed by atoms with E-state index in [-0.39, 0.29) is 34.8 Å². The van der Waals surface area contributed by atoms with Gasteiger partial charge in [0, 0.05) is 11.3 Å². The van der Waals surface area contributed by atoms with Gasteiger partial charge in [0.05, 0.1) is 29.1 Å². The zero-order valence-corrected chi connectivity index (χ0v) is 21.6. The summed E-state index contributed by atoms with van der Waals surface area (Å²) in [5.41, 5.74) is -1.34. The number of halogens is 4. The van der Waals surface area contributed by atoms with Crippen LogP contribution in [0.25, 0.3) is 0 Å². The number of rotatable bonds is 8. The van der Waals surface area contributed by atoms with Crippen molar-refractivity contribution in [2.24, 2.45) is 0 Å². The third-order valence-corrected chi connectivity index (χ3v) is 6.03. The molecule has 4 rings (SSSR count). The second-order valence-corrected chi connectivity index (χ2v) is 8.90. The molecule has 206 valence electrons. The van der Waals surface area contributed by atoms with Gasteiger partial charge in [0.25, 0.3) is 17.7 Å². The van der Waals surface area contributed by atoms with Crippen molar-refractivity contribution in [3.63, 3.8) is 0 Å². The second kappa shape index (κ2) is 11.6. The van der Waals surface area contributed by atoms with Crippen LogP contribution < -0.4 is 15.5 Å². The Morgan fingerprint density at radius 3 is 2.35 bits per heavy atom. The van der Waals surface area contributed by atoms with Gasteiger partial charge < -0.3 is 15.4 Å². The van der Waals surface area contributed by atoms with Gasteiger partial charge in [0.2, 0.25) is 0 Å². The van der Waals surface area contributed by atoms with E-state index in [0.29, 0.717) is 6.42 Å². The van der Waals surface area contributed by atoms with Gasteiger partial charge in [-0.2, -0.15) is 13.2 Å². The van der Waals surface area contributed by atoms with Crippen LogP contribution in [0.15, 0.2) is 83.5 Å². The fraction of sp³-hybridized carbons (Fsp3) is 0.143. The number of amides is 3. The minimum atomic E-state index is -4.67. The predicted octanol–water partition coefficient (Wildman–Crippen LogP) is 5.96. The number of ether oxygens (including phenoxy) is 1. The highest BCUT2D eigenvalue weighted by molar-refractivity contribution is 6.53. The molecule has 0 fully saturated rings. The van der Waals surface area contributed by atoms with Gasteiger partial charge in [-0.1, -0.05) is 42.8 Å². The molecule has 1 aliphatic rings. The molecule has 0 atom stereocenters. The summed E-state index contributed by atoms with van der Waals surface area (Å²) >= 11 is 6.19. The molecule has 0 spiro atoms. The van der Waals surface area contributed by atoms with Gasteiger partial charge in [0.1, 0.15) is 10.7 Å². The standard InChI is InChI=1S/C28H21ClF3N3O5/c1-2-13-40-27(39)17-8-6-10-19(15-17)35-25(37)22(29)23(26(35)38)33-18-9-5-7-16(14-18)24(36)34-21-12-4-3-11-20(21)28(30,31)32/h3-12,14-15,33H,2,13H2,1H3,(H,34,36). The van der Waals surface area contributed by atoms with Crippen LogP contribution in [0.4, 0.5) is 30.2 Å². The Labute approximate surface area is 231 Å². The highest BCUT2D eigenvalue weighted by Gasteiger charge is 2.39. The monoisotopic (exact) mass is 571 g/mol. The molecule has 40 heavy (non-hydrogen) atoms. The lowest BCUT2D eigenvalue weighted by molar-refractivity contribution is -0.137. The van der Waals surface area contributed by atoms with E-state index in [0.717, 1.165) is 17.0 Å². The maximum atomic E-state index is 13.3. The Hall–Kier alpha value is -4.64. The molecule has 0 aromatic heterocycles. The number of para-hydroxylation sites is 1. The van der Waals surface area contributed by atoms with Crippen LogP contribution in [0.2, 0.25) is 0 Å². The largest absolute Gasteiger partial charge is 0.462 e. The molecule has 0 radical (unpaired) electrons. The predicted molar refractivity (Wildman–Crippen MR) is 142 cm³/mol. The topological polar surface area (TPSA) is 105 Å². The number of anilines is 3. The minimum absolute atomic E-state index is 0.0226. The number of imide groups is 1. The normalized spacial score (nSPS) is 13.5. The molecule has 12 heteroatoms. The number of carbonyl (C=O) groups excluding carboxylic acids is 4. The van der Waals surface area contributed by atoms with Crippen molar-refractivity contribution in [1.29, 1.82) is 0 Å². The zero-order chi connectivity index (χ0) is 29.0. The summed E-state index contributed by atoms with van der Waals surface area (Å²) in [7, 11) is 0. The number of esters is 1. The highest BCUT2D eigenvalue weighted by atomic mass is 35.5. The van der Waals surface area contributed by atoms with Crippen LogP contribution in [-0.2, 0) is 20.5 Å². The molecule has 0 bridgehead atoms. The van der Waals surface area contributed by atoms with E-state index in [1.165, 1.54) is 60.7 Å². The van der Waals surface area contributed by atoms with Crippen LogP contribution in [0.3, 0.4) is 0 Å².